The van der Waals surface area contributed by atoms with Crippen molar-refractivity contribution in [2.75, 3.05) is 20.3 Å². The summed E-state index contributed by atoms with van der Waals surface area (Å²) >= 11 is 6.15. The first-order valence-electron chi connectivity index (χ1n) is 7.28. The molecule has 0 aromatic heterocycles. The molecule has 0 saturated heterocycles. The lowest BCUT2D eigenvalue weighted by molar-refractivity contribution is 0.0950. The van der Waals surface area contributed by atoms with E-state index >= 15 is 0 Å². The summed E-state index contributed by atoms with van der Waals surface area (Å²) in [6, 6.07) is 7.49. The Morgan fingerprint density at radius 3 is 2.83 bits per heavy atom. The van der Waals surface area contributed by atoms with Crippen LogP contribution < -0.4 is 19.5 Å². The molecule has 1 aliphatic heterocycles. The number of nitrogens with one attached hydrogen (secondary N) is 1. The molecule has 2 aromatic rings. The van der Waals surface area contributed by atoms with Gasteiger partial charge in [-0.25, -0.2) is 4.39 Å². The fraction of sp³-hybridized carbons (Fsp3) is 0.235. The first-order chi connectivity index (χ1) is 11.6. The molecule has 1 aliphatic rings. The number of methoxy groups -OCH3 is 1. The van der Waals surface area contributed by atoms with Crippen molar-refractivity contribution < 1.29 is 23.4 Å². The smallest absolute Gasteiger partial charge is 0.251 e. The number of carbonyl (C=O) groups excluding carboxylic acids is 1. The maximum atomic E-state index is 13.7. The first kappa shape index (κ1) is 16.4. The summed E-state index contributed by atoms with van der Waals surface area (Å²) in [5, 5.41) is 3.14. The summed E-state index contributed by atoms with van der Waals surface area (Å²) < 4.78 is 29.4. The van der Waals surface area contributed by atoms with Gasteiger partial charge in [-0.05, 0) is 35.9 Å². The molecule has 126 valence electrons. The molecule has 3 rings (SSSR count). The van der Waals surface area contributed by atoms with Crippen LogP contribution >= 0.6 is 11.6 Å². The van der Waals surface area contributed by atoms with Crippen LogP contribution in [0.25, 0.3) is 0 Å². The normalized spacial score (nSPS) is 12.6. The minimum absolute atomic E-state index is 0.0881. The lowest BCUT2D eigenvalue weighted by Crippen LogP contribution is -2.23. The lowest BCUT2D eigenvalue weighted by atomic mass is 10.1. The lowest BCUT2D eigenvalue weighted by Gasteiger charge is -2.20. The van der Waals surface area contributed by atoms with Crippen molar-refractivity contribution in [2.24, 2.45) is 0 Å². The summed E-state index contributed by atoms with van der Waals surface area (Å²) in [6.45, 7) is 1.12. The fourth-order valence-corrected chi connectivity index (χ4v) is 2.65. The van der Waals surface area contributed by atoms with Crippen LogP contribution in [0.4, 0.5) is 4.39 Å². The zero-order valence-corrected chi connectivity index (χ0v) is 13.7. The zero-order valence-electron chi connectivity index (χ0n) is 12.9. The van der Waals surface area contributed by atoms with Gasteiger partial charge in [0.05, 0.1) is 12.1 Å². The summed E-state index contributed by atoms with van der Waals surface area (Å²) in [5.74, 6) is 0.156. The third kappa shape index (κ3) is 3.38. The number of ether oxygens (including phenoxy) is 3. The second kappa shape index (κ2) is 6.97. The Balaban J connectivity index is 1.70. The highest BCUT2D eigenvalue weighted by Crippen LogP contribution is 2.38. The van der Waals surface area contributed by atoms with Gasteiger partial charge in [0.15, 0.2) is 23.1 Å². The first-order valence-corrected chi connectivity index (χ1v) is 7.66. The molecule has 0 atom stereocenters. The number of hydrogen-bond acceptors (Lipinski definition) is 4. The van der Waals surface area contributed by atoms with Crippen molar-refractivity contribution in [1.82, 2.24) is 5.32 Å². The van der Waals surface area contributed by atoms with Crippen molar-refractivity contribution in [1.29, 1.82) is 0 Å². The quantitative estimate of drug-likeness (QED) is 0.919. The average molecular weight is 352 g/mol. The van der Waals surface area contributed by atoms with E-state index in [0.717, 1.165) is 11.6 Å². The van der Waals surface area contributed by atoms with Crippen LogP contribution in [0.1, 0.15) is 15.9 Å². The second-order valence-electron chi connectivity index (χ2n) is 5.13. The minimum Gasteiger partial charge on any atom is -0.494 e. The van der Waals surface area contributed by atoms with E-state index in [0.29, 0.717) is 29.7 Å². The Morgan fingerprint density at radius 2 is 2.08 bits per heavy atom. The van der Waals surface area contributed by atoms with E-state index in [4.69, 9.17) is 25.8 Å². The molecule has 5 nitrogen and oxygen atoms in total. The zero-order chi connectivity index (χ0) is 17.1. The second-order valence-corrected chi connectivity index (χ2v) is 5.54. The SMILES string of the molecule is COc1ccc(C(=O)NCc2cc(Cl)c3c(c2)OCCO3)cc1F. The number of amides is 1. The van der Waals surface area contributed by atoms with E-state index < -0.39 is 11.7 Å². The summed E-state index contributed by atoms with van der Waals surface area (Å²) in [5.41, 5.74) is 0.962. The number of rotatable bonds is 4. The Kier molecular flexibility index (Phi) is 4.76. The Labute approximate surface area is 143 Å². The van der Waals surface area contributed by atoms with Gasteiger partial charge in [0.1, 0.15) is 13.2 Å². The number of carbonyl (C=O) groups is 1. The Bertz CT molecular complexity index is 781. The van der Waals surface area contributed by atoms with Gasteiger partial charge in [-0.3, -0.25) is 4.79 Å². The van der Waals surface area contributed by atoms with Crippen molar-refractivity contribution in [3.05, 3.63) is 52.3 Å². The molecule has 0 fully saturated rings. The van der Waals surface area contributed by atoms with Gasteiger partial charge >= 0.3 is 0 Å². The predicted octanol–water partition coefficient (Wildman–Crippen LogP) is 3.19. The van der Waals surface area contributed by atoms with E-state index in [1.807, 2.05) is 0 Å². The Morgan fingerprint density at radius 1 is 1.29 bits per heavy atom. The molecule has 1 amide bonds. The van der Waals surface area contributed by atoms with E-state index in [2.05, 4.69) is 5.32 Å². The molecule has 7 heteroatoms. The van der Waals surface area contributed by atoms with Gasteiger partial charge in [0.25, 0.3) is 5.91 Å². The largest absolute Gasteiger partial charge is 0.494 e. The van der Waals surface area contributed by atoms with Crippen LogP contribution in [0.15, 0.2) is 30.3 Å². The molecule has 0 bridgehead atoms. The van der Waals surface area contributed by atoms with Crippen LogP contribution in [-0.2, 0) is 6.54 Å². The fourth-order valence-electron chi connectivity index (χ4n) is 2.36. The van der Waals surface area contributed by atoms with Crippen LogP contribution in [0.3, 0.4) is 0 Å². The Hall–Kier alpha value is -2.47. The molecule has 0 aliphatic carbocycles. The number of benzene rings is 2. The van der Waals surface area contributed by atoms with Crippen molar-refractivity contribution in [3.8, 4) is 17.2 Å². The molecular formula is C17H15ClFNO4. The molecule has 24 heavy (non-hydrogen) atoms. The highest BCUT2D eigenvalue weighted by molar-refractivity contribution is 6.32. The van der Waals surface area contributed by atoms with Crippen molar-refractivity contribution in [2.45, 2.75) is 6.54 Å². The van der Waals surface area contributed by atoms with Crippen LogP contribution in [0.2, 0.25) is 5.02 Å². The van der Waals surface area contributed by atoms with Crippen LogP contribution in [0.5, 0.6) is 17.2 Å². The van der Waals surface area contributed by atoms with Gasteiger partial charge in [-0.2, -0.15) is 0 Å². The summed E-state index contributed by atoms with van der Waals surface area (Å²) in [4.78, 5) is 12.1. The molecule has 2 aromatic carbocycles. The highest BCUT2D eigenvalue weighted by Gasteiger charge is 2.17. The highest BCUT2D eigenvalue weighted by atomic mass is 35.5. The third-order valence-electron chi connectivity index (χ3n) is 3.52. The van der Waals surface area contributed by atoms with Crippen molar-refractivity contribution in [3.63, 3.8) is 0 Å². The van der Waals surface area contributed by atoms with Gasteiger partial charge in [0.2, 0.25) is 0 Å². The molecular weight excluding hydrogens is 337 g/mol. The summed E-state index contributed by atoms with van der Waals surface area (Å²) in [7, 11) is 1.36. The van der Waals surface area contributed by atoms with Gasteiger partial charge in [-0.15, -0.1) is 0 Å². The van der Waals surface area contributed by atoms with Crippen molar-refractivity contribution >= 4 is 17.5 Å². The van der Waals surface area contributed by atoms with Crippen LogP contribution in [-0.4, -0.2) is 26.2 Å². The number of halogens is 2. The standard InChI is InChI=1S/C17H15ClFNO4/c1-22-14-3-2-11(8-13(14)19)17(21)20-9-10-6-12(18)16-15(7-10)23-4-5-24-16/h2-3,6-8H,4-5,9H2,1H3,(H,20,21). The number of fused-ring (bicyclic) bond motifs is 1. The molecule has 1 heterocycles. The molecule has 1 N–H and O–H groups in total. The predicted molar refractivity (Wildman–Crippen MR) is 86.6 cm³/mol. The van der Waals surface area contributed by atoms with E-state index in [-0.39, 0.29) is 17.9 Å². The molecule has 0 unspecified atom stereocenters. The average Bonchev–Trinajstić information content (AvgIpc) is 2.59. The van der Waals surface area contributed by atoms with Crippen LogP contribution in [0, 0.1) is 5.82 Å². The maximum absolute atomic E-state index is 13.7. The molecule has 0 saturated carbocycles. The van der Waals surface area contributed by atoms with Gasteiger partial charge < -0.3 is 19.5 Å². The number of hydrogen-bond donors (Lipinski definition) is 1. The topological polar surface area (TPSA) is 56.8 Å². The molecule has 0 spiro atoms. The van der Waals surface area contributed by atoms with E-state index in [1.165, 1.54) is 19.2 Å². The van der Waals surface area contributed by atoms with Gasteiger partial charge in [0, 0.05) is 12.1 Å². The third-order valence-corrected chi connectivity index (χ3v) is 3.80. The van der Waals surface area contributed by atoms with E-state index in [1.54, 1.807) is 12.1 Å². The maximum Gasteiger partial charge on any atom is 0.251 e. The molecule has 0 radical (unpaired) electrons. The van der Waals surface area contributed by atoms with Gasteiger partial charge in [-0.1, -0.05) is 11.6 Å². The minimum atomic E-state index is -0.590. The summed E-state index contributed by atoms with van der Waals surface area (Å²) in [6.07, 6.45) is 0. The van der Waals surface area contributed by atoms with E-state index in [9.17, 15) is 9.18 Å². The monoisotopic (exact) mass is 351 g/mol.